The summed E-state index contributed by atoms with van der Waals surface area (Å²) in [7, 11) is 1.48. The lowest BCUT2D eigenvalue weighted by atomic mass is 9.98. The molecule has 0 saturated heterocycles. The van der Waals surface area contributed by atoms with Gasteiger partial charge >= 0.3 is 5.69 Å². The first-order chi connectivity index (χ1) is 15.4. The van der Waals surface area contributed by atoms with Gasteiger partial charge in [0.05, 0.1) is 16.7 Å². The number of benzene rings is 2. The maximum Gasteiger partial charge on any atom is 0.305 e. The Morgan fingerprint density at radius 2 is 1.81 bits per heavy atom. The van der Waals surface area contributed by atoms with Crippen molar-refractivity contribution in [1.82, 2.24) is 10.3 Å². The molecule has 5 aromatic rings. The number of thiophene rings is 1. The SMILES string of the molecule is Cc1ccc(-c2cc(-c3ccccc3)nc3sc(C(=O)c4c([O-])on[n+]4C)c(N)c23)cc1. The number of aryl methyl sites for hydroxylation is 2. The number of ketones is 1. The van der Waals surface area contributed by atoms with Gasteiger partial charge < -0.3 is 15.4 Å². The van der Waals surface area contributed by atoms with Crippen molar-refractivity contribution < 1.29 is 19.1 Å². The number of nitrogens with two attached hydrogens (primary N) is 1. The molecular weight excluding hydrogens is 424 g/mol. The lowest BCUT2D eigenvalue weighted by molar-refractivity contribution is -0.741. The fourth-order valence-corrected chi connectivity index (χ4v) is 4.73. The Balaban J connectivity index is 1.78. The van der Waals surface area contributed by atoms with Gasteiger partial charge in [0.1, 0.15) is 9.71 Å². The molecule has 0 unspecified atom stereocenters. The van der Waals surface area contributed by atoms with E-state index in [1.807, 2.05) is 67.6 Å². The zero-order chi connectivity index (χ0) is 22.4. The molecular formula is C24H18N4O3S. The number of fused-ring (bicyclic) bond motifs is 1. The Kier molecular flexibility index (Phi) is 4.71. The van der Waals surface area contributed by atoms with E-state index in [0.29, 0.717) is 15.9 Å². The molecule has 0 bridgehead atoms. The molecule has 3 aromatic heterocycles. The molecule has 0 atom stereocenters. The molecule has 8 heteroatoms. The number of hydrogen-bond donors (Lipinski definition) is 1. The summed E-state index contributed by atoms with van der Waals surface area (Å²) in [5.74, 6) is -1.33. The number of nitrogens with zero attached hydrogens (tertiary/aromatic N) is 3. The van der Waals surface area contributed by atoms with Crippen LogP contribution in [0.2, 0.25) is 0 Å². The van der Waals surface area contributed by atoms with Gasteiger partial charge in [0.25, 0.3) is 5.78 Å². The van der Waals surface area contributed by atoms with E-state index in [1.54, 1.807) is 0 Å². The number of carbonyl (C=O) groups excluding carboxylic acids is 1. The monoisotopic (exact) mass is 442 g/mol. The van der Waals surface area contributed by atoms with Gasteiger partial charge in [-0.3, -0.25) is 4.79 Å². The van der Waals surface area contributed by atoms with Crippen molar-refractivity contribution in [1.29, 1.82) is 0 Å². The molecule has 7 nitrogen and oxygen atoms in total. The first-order valence-electron chi connectivity index (χ1n) is 9.87. The molecule has 5 rings (SSSR count). The molecule has 0 aliphatic heterocycles. The van der Waals surface area contributed by atoms with Gasteiger partial charge in [0.15, 0.2) is 13.0 Å². The minimum absolute atomic E-state index is 0.177. The highest BCUT2D eigenvalue weighted by Gasteiger charge is 2.30. The van der Waals surface area contributed by atoms with Crippen LogP contribution in [0.15, 0.2) is 65.2 Å². The first-order valence-corrected chi connectivity index (χ1v) is 10.7. The normalized spacial score (nSPS) is 11.2. The predicted molar refractivity (Wildman–Crippen MR) is 120 cm³/mol. The van der Waals surface area contributed by atoms with Crippen LogP contribution in [0, 0.1) is 6.92 Å². The molecule has 0 saturated carbocycles. The van der Waals surface area contributed by atoms with E-state index in [1.165, 1.54) is 7.05 Å². The molecule has 0 spiro atoms. The Labute approximate surface area is 187 Å². The van der Waals surface area contributed by atoms with Crippen LogP contribution in [0.25, 0.3) is 32.6 Å². The Hall–Kier alpha value is -4.04. The summed E-state index contributed by atoms with van der Waals surface area (Å²) < 4.78 is 5.74. The number of aromatic nitrogens is 3. The van der Waals surface area contributed by atoms with E-state index in [-0.39, 0.29) is 10.6 Å². The van der Waals surface area contributed by atoms with Crippen molar-refractivity contribution in [3.8, 4) is 28.3 Å². The number of nitrogen functional groups attached to an aromatic ring is 1. The van der Waals surface area contributed by atoms with Crippen molar-refractivity contribution in [2.24, 2.45) is 7.05 Å². The van der Waals surface area contributed by atoms with Crippen molar-refractivity contribution in [2.75, 3.05) is 5.73 Å². The van der Waals surface area contributed by atoms with Crippen molar-refractivity contribution in [2.45, 2.75) is 6.92 Å². The van der Waals surface area contributed by atoms with Crippen LogP contribution >= 0.6 is 11.3 Å². The number of hydrogen-bond acceptors (Lipinski definition) is 7. The average molecular weight is 443 g/mol. The molecule has 0 amide bonds. The van der Waals surface area contributed by atoms with Gasteiger partial charge in [-0.1, -0.05) is 64.8 Å². The standard InChI is InChI=1S/C24H18N4O3S/c1-13-8-10-14(11-9-13)16-12-17(15-6-4-3-5-7-15)26-23-18(16)19(25)22(32-23)21(29)20-24(30)31-27-28(20)2/h3-12H,1-2H3,(H2-,25,27,29,30). The number of anilines is 1. The summed E-state index contributed by atoms with van der Waals surface area (Å²) in [6.07, 6.45) is 0. The average Bonchev–Trinajstić information content (AvgIpc) is 3.32. The van der Waals surface area contributed by atoms with E-state index in [9.17, 15) is 9.90 Å². The maximum atomic E-state index is 13.2. The summed E-state index contributed by atoms with van der Waals surface area (Å²) in [5.41, 5.74) is 11.3. The molecule has 0 fully saturated rings. The fourth-order valence-electron chi connectivity index (χ4n) is 3.67. The molecule has 3 heterocycles. The minimum Gasteiger partial charge on any atom is -0.539 e. The second-order valence-corrected chi connectivity index (χ2v) is 8.47. The van der Waals surface area contributed by atoms with Gasteiger partial charge in [0, 0.05) is 10.9 Å². The van der Waals surface area contributed by atoms with Crippen LogP contribution in [0.5, 0.6) is 5.95 Å². The van der Waals surface area contributed by atoms with E-state index >= 15 is 0 Å². The van der Waals surface area contributed by atoms with E-state index in [0.717, 1.165) is 44.0 Å². The van der Waals surface area contributed by atoms with Crippen LogP contribution in [0.1, 0.15) is 20.9 Å². The van der Waals surface area contributed by atoms with Crippen LogP contribution in [-0.4, -0.2) is 16.0 Å². The summed E-state index contributed by atoms with van der Waals surface area (Å²) in [6, 6.07) is 19.9. The molecule has 0 aliphatic rings. The van der Waals surface area contributed by atoms with Gasteiger partial charge in [-0.15, -0.1) is 11.3 Å². The largest absolute Gasteiger partial charge is 0.539 e. The molecule has 2 N–H and O–H groups in total. The Morgan fingerprint density at radius 3 is 2.47 bits per heavy atom. The van der Waals surface area contributed by atoms with Gasteiger partial charge in [0.2, 0.25) is 0 Å². The second-order valence-electron chi connectivity index (χ2n) is 7.47. The smallest absolute Gasteiger partial charge is 0.305 e. The third-order valence-electron chi connectivity index (χ3n) is 5.32. The number of pyridine rings is 1. The van der Waals surface area contributed by atoms with Crippen LogP contribution in [0.4, 0.5) is 5.69 Å². The van der Waals surface area contributed by atoms with Crippen LogP contribution in [0.3, 0.4) is 0 Å². The minimum atomic E-state index is -0.800. The Morgan fingerprint density at radius 1 is 1.09 bits per heavy atom. The van der Waals surface area contributed by atoms with Crippen molar-refractivity contribution in [3.05, 3.63) is 76.8 Å². The van der Waals surface area contributed by atoms with E-state index in [4.69, 9.17) is 10.7 Å². The van der Waals surface area contributed by atoms with Crippen molar-refractivity contribution >= 4 is 33.0 Å². The lowest BCUT2D eigenvalue weighted by Crippen LogP contribution is -2.37. The van der Waals surface area contributed by atoms with Crippen LogP contribution < -0.4 is 15.5 Å². The lowest BCUT2D eigenvalue weighted by Gasteiger charge is -2.09. The fraction of sp³-hybridized carbons (Fsp3) is 0.0833. The van der Waals surface area contributed by atoms with E-state index < -0.39 is 11.7 Å². The highest BCUT2D eigenvalue weighted by molar-refractivity contribution is 7.21. The molecule has 158 valence electrons. The van der Waals surface area contributed by atoms with Crippen molar-refractivity contribution in [3.63, 3.8) is 0 Å². The highest BCUT2D eigenvalue weighted by atomic mass is 32.1. The summed E-state index contributed by atoms with van der Waals surface area (Å²) in [5, 5.41) is 16.2. The maximum absolute atomic E-state index is 13.2. The number of carbonyl (C=O) groups is 1. The zero-order valence-electron chi connectivity index (χ0n) is 17.3. The first kappa shape index (κ1) is 19.9. The second kappa shape index (κ2) is 7.58. The quantitative estimate of drug-likeness (QED) is 0.336. The molecule has 0 aliphatic carbocycles. The Bertz CT molecular complexity index is 1450. The highest BCUT2D eigenvalue weighted by Crippen LogP contribution is 2.42. The molecule has 32 heavy (non-hydrogen) atoms. The zero-order valence-corrected chi connectivity index (χ0v) is 18.1. The molecule has 0 radical (unpaired) electrons. The third-order valence-corrected chi connectivity index (χ3v) is 6.41. The van der Waals surface area contributed by atoms with E-state index in [2.05, 4.69) is 9.79 Å². The van der Waals surface area contributed by atoms with Gasteiger partial charge in [-0.25, -0.2) is 4.98 Å². The molecule has 2 aromatic carbocycles. The third kappa shape index (κ3) is 3.21. The topological polar surface area (TPSA) is 109 Å². The summed E-state index contributed by atoms with van der Waals surface area (Å²) in [6.45, 7) is 2.02. The summed E-state index contributed by atoms with van der Waals surface area (Å²) in [4.78, 5) is 18.8. The number of rotatable bonds is 4. The van der Waals surface area contributed by atoms with Gasteiger partial charge in [-0.2, -0.15) is 0 Å². The predicted octanol–water partition coefficient (Wildman–Crippen LogP) is 3.64. The van der Waals surface area contributed by atoms with Gasteiger partial charge in [-0.05, 0) is 24.1 Å². The van der Waals surface area contributed by atoms with Crippen LogP contribution in [-0.2, 0) is 7.05 Å². The summed E-state index contributed by atoms with van der Waals surface area (Å²) >= 11 is 1.16.